The van der Waals surface area contributed by atoms with E-state index in [-0.39, 0.29) is 30.9 Å². The van der Waals surface area contributed by atoms with Gasteiger partial charge in [0, 0.05) is 13.3 Å². The van der Waals surface area contributed by atoms with Crippen LogP contribution >= 0.6 is 0 Å². The maximum Gasteiger partial charge on any atom is 0.326 e. The lowest BCUT2D eigenvalue weighted by Crippen LogP contribution is -2.62. The second kappa shape index (κ2) is 30.3. The summed E-state index contributed by atoms with van der Waals surface area (Å²) in [5, 5.41) is 69.6. The third-order valence-electron chi connectivity index (χ3n) is 10.8. The number of primary amides is 1. The summed E-state index contributed by atoms with van der Waals surface area (Å²) >= 11 is 0. The van der Waals surface area contributed by atoms with Gasteiger partial charge in [-0.3, -0.25) is 52.7 Å². The van der Waals surface area contributed by atoms with Crippen LogP contribution in [0.3, 0.4) is 0 Å². The molecule has 0 bridgehead atoms. The van der Waals surface area contributed by atoms with Crippen LogP contribution in [0.2, 0.25) is 0 Å². The van der Waals surface area contributed by atoms with Gasteiger partial charge in [-0.15, -0.1) is 0 Å². The maximum atomic E-state index is 13.9. The summed E-state index contributed by atoms with van der Waals surface area (Å²) in [5.74, 6) is -15.0. The van der Waals surface area contributed by atoms with E-state index in [0.29, 0.717) is 5.56 Å². The number of hydrogen-bond acceptors (Lipinski definition) is 15. The maximum absolute atomic E-state index is 13.9. The minimum Gasteiger partial charge on any atom is -0.508 e. The summed E-state index contributed by atoms with van der Waals surface area (Å²) in [4.78, 5) is 154. The summed E-state index contributed by atoms with van der Waals surface area (Å²) in [7, 11) is 0. The van der Waals surface area contributed by atoms with E-state index in [1.54, 1.807) is 20.8 Å². The molecule has 0 aliphatic carbocycles. The van der Waals surface area contributed by atoms with Gasteiger partial charge >= 0.3 is 11.9 Å². The molecular formula is C45H70N10O17. The molecule has 27 nitrogen and oxygen atoms in total. The van der Waals surface area contributed by atoms with Crippen molar-refractivity contribution < 1.29 is 83.1 Å². The number of phenolic OH excluding ortho intramolecular Hbond substituents is 1. The molecule has 0 saturated heterocycles. The fourth-order valence-corrected chi connectivity index (χ4v) is 6.73. The van der Waals surface area contributed by atoms with Crippen LogP contribution in [0.5, 0.6) is 5.75 Å². The topological polar surface area (TPSA) is 440 Å². The summed E-state index contributed by atoms with van der Waals surface area (Å²) in [6.45, 7) is 10.0. The molecule has 0 fully saturated rings. The lowest BCUT2D eigenvalue weighted by Gasteiger charge is -2.30. The van der Waals surface area contributed by atoms with Crippen LogP contribution in [-0.2, 0) is 64.0 Å². The van der Waals surface area contributed by atoms with Crippen LogP contribution in [0.4, 0.5) is 0 Å². The Morgan fingerprint density at radius 3 is 1.54 bits per heavy atom. The van der Waals surface area contributed by atoms with Gasteiger partial charge < -0.3 is 79.1 Å². The Balaban J connectivity index is 3.18. The van der Waals surface area contributed by atoms with Crippen LogP contribution in [0.25, 0.3) is 0 Å². The fraction of sp³-hybridized carbons (Fsp3) is 0.600. The van der Waals surface area contributed by atoms with Gasteiger partial charge in [0.25, 0.3) is 0 Å². The number of hydrogen-bond donors (Lipinski definition) is 15. The number of amides is 10. The van der Waals surface area contributed by atoms with Gasteiger partial charge in [-0.2, -0.15) is 0 Å². The van der Waals surface area contributed by atoms with Crippen molar-refractivity contribution in [1.82, 2.24) is 47.9 Å². The molecule has 72 heavy (non-hydrogen) atoms. The summed E-state index contributed by atoms with van der Waals surface area (Å²) < 4.78 is 0. The Hall–Kier alpha value is -7.42. The highest BCUT2D eigenvalue weighted by molar-refractivity contribution is 5.99. The predicted octanol–water partition coefficient (Wildman–Crippen LogP) is -4.49. The van der Waals surface area contributed by atoms with E-state index in [0.717, 1.165) is 13.8 Å². The van der Waals surface area contributed by atoms with Gasteiger partial charge in [-0.1, -0.05) is 60.1 Å². The molecule has 0 radical (unpaired) electrons. The number of aromatic hydroxyl groups is 1. The Kier molecular flexibility index (Phi) is 26.4. The first-order chi connectivity index (χ1) is 33.5. The molecule has 0 aliphatic heterocycles. The van der Waals surface area contributed by atoms with E-state index < -0.39 is 163 Å². The average molecular weight is 1020 g/mol. The highest BCUT2D eigenvalue weighted by Gasteiger charge is 2.37. The molecule has 1 aromatic rings. The van der Waals surface area contributed by atoms with E-state index in [9.17, 15) is 83.1 Å². The first-order valence-corrected chi connectivity index (χ1v) is 23.0. The molecule has 0 aromatic heterocycles. The van der Waals surface area contributed by atoms with Crippen LogP contribution < -0.4 is 53.6 Å². The largest absolute Gasteiger partial charge is 0.508 e. The average Bonchev–Trinajstić information content (AvgIpc) is 3.28. The van der Waals surface area contributed by atoms with Crippen molar-refractivity contribution in [1.29, 1.82) is 0 Å². The molecule has 1 aromatic carbocycles. The van der Waals surface area contributed by atoms with Gasteiger partial charge in [0.05, 0.1) is 32.1 Å². The summed E-state index contributed by atoms with van der Waals surface area (Å²) in [5.41, 5.74) is 5.88. The first kappa shape index (κ1) is 62.6. The number of aliphatic carboxylic acids is 2. The van der Waals surface area contributed by atoms with Crippen molar-refractivity contribution in [2.75, 3.05) is 13.2 Å². The SMILES string of the molecule is CC[C@H](C)[C@H](NC(=O)[C@@H](NC(=O)[C@@H](NC(=O)CNC(=O)[C@H](CO)NC(=O)[C@H](Cc1ccc(O)cc1)NC(C)=O)[C@@H](C)O)C(C)C)C(=O)N[C@@H](CC(N)=O)C(=O)N[C@@H](CC(=O)O)C(=O)N[C@@H](CC(C)C)C(=O)O. The molecule has 0 spiro atoms. The zero-order valence-corrected chi connectivity index (χ0v) is 41.4. The second-order valence-electron chi connectivity index (χ2n) is 17.9. The number of nitrogens with one attached hydrogen (secondary N) is 9. The smallest absolute Gasteiger partial charge is 0.326 e. The molecule has 10 amide bonds. The molecule has 16 N–H and O–H groups in total. The molecule has 0 saturated carbocycles. The van der Waals surface area contributed by atoms with Gasteiger partial charge in [-0.25, -0.2) is 4.79 Å². The zero-order valence-electron chi connectivity index (χ0n) is 41.4. The minimum absolute atomic E-state index is 0.0424. The number of phenols is 1. The predicted molar refractivity (Wildman–Crippen MR) is 252 cm³/mol. The van der Waals surface area contributed by atoms with Crippen LogP contribution in [-0.4, -0.2) is 164 Å². The van der Waals surface area contributed by atoms with E-state index in [1.807, 2.05) is 0 Å². The molecule has 0 aliphatic rings. The number of carboxylic acids is 2. The fourth-order valence-electron chi connectivity index (χ4n) is 6.73. The third-order valence-corrected chi connectivity index (χ3v) is 10.8. The molecule has 0 heterocycles. The van der Waals surface area contributed by atoms with Crippen molar-refractivity contribution in [2.45, 2.75) is 142 Å². The summed E-state index contributed by atoms with van der Waals surface area (Å²) in [6, 6.07) is -7.03. The number of aliphatic hydroxyl groups excluding tert-OH is 2. The normalized spacial score (nSPS) is 15.2. The molecule has 27 heteroatoms. The van der Waals surface area contributed by atoms with Crippen molar-refractivity contribution in [3.8, 4) is 5.75 Å². The highest BCUT2D eigenvalue weighted by Crippen LogP contribution is 2.14. The molecular weight excluding hydrogens is 953 g/mol. The second-order valence-corrected chi connectivity index (χ2v) is 17.9. The number of carbonyl (C=O) groups excluding carboxylic acids is 10. The monoisotopic (exact) mass is 1020 g/mol. The quantitative estimate of drug-likeness (QED) is 0.0333. The standard InChI is InChI=1S/C45H70N10O17/c1-9-22(6)36(43(69)50-28(16-32(46)60)40(66)49-29(17-34(62)63)41(67)51-30(45(71)72)14-20(2)3)55-42(68)35(21(4)5)54-44(70)37(23(7)57)53-33(61)18-47-38(64)31(19-56)52-39(65)27(48-24(8)58)15-25-10-12-26(59)13-11-25/h10-13,20-23,27-31,35-37,56-57,59H,9,14-19H2,1-8H3,(H2,46,60)(H,47,64)(H,48,58)(H,49,66)(H,50,69)(H,51,67)(H,52,65)(H,53,61)(H,54,70)(H,55,68)(H,62,63)(H,71,72)/t22-,23+,27-,28-,29-,30-,31-,35-,36-,37-/m0/s1. The van der Waals surface area contributed by atoms with Gasteiger partial charge in [-0.05, 0) is 48.8 Å². The van der Waals surface area contributed by atoms with Crippen LogP contribution in [0.1, 0.15) is 86.6 Å². The van der Waals surface area contributed by atoms with Gasteiger partial charge in [0.15, 0.2) is 0 Å². The number of nitrogens with two attached hydrogens (primary N) is 1. The van der Waals surface area contributed by atoms with E-state index in [4.69, 9.17) is 5.73 Å². The van der Waals surface area contributed by atoms with Crippen molar-refractivity contribution >= 4 is 71.0 Å². The summed E-state index contributed by atoms with van der Waals surface area (Å²) in [6.07, 6.45) is -3.42. The molecule has 1 rings (SSSR count). The van der Waals surface area contributed by atoms with Gasteiger partial charge in [0.2, 0.25) is 59.1 Å². The highest BCUT2D eigenvalue weighted by atomic mass is 16.4. The van der Waals surface area contributed by atoms with Crippen molar-refractivity contribution in [2.24, 2.45) is 23.5 Å². The van der Waals surface area contributed by atoms with Crippen molar-refractivity contribution in [3.05, 3.63) is 29.8 Å². The number of benzene rings is 1. The van der Waals surface area contributed by atoms with E-state index in [1.165, 1.54) is 45.0 Å². The Labute approximate surface area is 415 Å². The Morgan fingerprint density at radius 2 is 1.07 bits per heavy atom. The van der Waals surface area contributed by atoms with E-state index >= 15 is 0 Å². The number of rotatable bonds is 31. The Bertz CT molecular complexity index is 2100. The number of carboxylic acid groups (broad SMARTS) is 2. The van der Waals surface area contributed by atoms with E-state index in [2.05, 4.69) is 47.9 Å². The van der Waals surface area contributed by atoms with Crippen LogP contribution in [0, 0.1) is 17.8 Å². The number of carbonyl (C=O) groups is 12. The zero-order chi connectivity index (χ0) is 55.2. The molecule has 0 unspecified atom stereocenters. The molecule has 402 valence electrons. The lowest BCUT2D eigenvalue weighted by molar-refractivity contribution is -0.144. The molecule has 10 atom stereocenters. The lowest BCUT2D eigenvalue weighted by atomic mass is 9.95. The minimum atomic E-state index is -1.88. The van der Waals surface area contributed by atoms with Gasteiger partial charge in [0.1, 0.15) is 54.1 Å². The van der Waals surface area contributed by atoms with Crippen molar-refractivity contribution in [3.63, 3.8) is 0 Å². The third kappa shape index (κ3) is 22.1. The first-order valence-electron chi connectivity index (χ1n) is 23.0. The Morgan fingerprint density at radius 1 is 0.583 bits per heavy atom. The van der Waals surface area contributed by atoms with Crippen LogP contribution in [0.15, 0.2) is 24.3 Å². The number of aliphatic hydroxyl groups is 2.